The van der Waals surface area contributed by atoms with E-state index in [2.05, 4.69) is 4.89 Å². The van der Waals surface area contributed by atoms with E-state index in [9.17, 15) is 0 Å². The third kappa shape index (κ3) is 0.992. The largest absolute Gasteiger partial charge is 0.390 e. The number of aliphatic hydroxyl groups is 1. The Morgan fingerprint density at radius 1 is 1.38 bits per heavy atom. The first-order valence-electron chi connectivity index (χ1n) is 2.83. The van der Waals surface area contributed by atoms with Crippen LogP contribution in [0.4, 0.5) is 0 Å². The first-order valence-corrected chi connectivity index (χ1v) is 2.83. The Morgan fingerprint density at radius 3 is 2.38 bits per heavy atom. The molecule has 8 heavy (non-hydrogen) atoms. The quantitative estimate of drug-likeness (QED) is 0.387. The highest BCUT2D eigenvalue weighted by atomic mass is 17.1. The van der Waals surface area contributed by atoms with Crippen LogP contribution in [0.25, 0.3) is 0 Å². The lowest BCUT2D eigenvalue weighted by Gasteiger charge is -2.07. The van der Waals surface area contributed by atoms with Crippen molar-refractivity contribution in [3.8, 4) is 0 Å². The minimum absolute atomic E-state index is 0.324. The molecular formula is C5H10O3. The first kappa shape index (κ1) is 6.01. The average molecular weight is 118 g/mol. The minimum Gasteiger partial charge on any atom is -0.390 e. The Morgan fingerprint density at radius 2 is 2.12 bits per heavy atom. The van der Waals surface area contributed by atoms with Crippen molar-refractivity contribution >= 4 is 0 Å². The zero-order chi connectivity index (χ0) is 5.98. The van der Waals surface area contributed by atoms with Crippen LogP contribution in [-0.4, -0.2) is 22.6 Å². The van der Waals surface area contributed by atoms with E-state index in [1.807, 2.05) is 0 Å². The second-order valence-electron chi connectivity index (χ2n) is 2.14. The van der Waals surface area contributed by atoms with E-state index < -0.39 is 6.10 Å². The van der Waals surface area contributed by atoms with Crippen molar-refractivity contribution in [2.45, 2.75) is 31.5 Å². The van der Waals surface area contributed by atoms with Gasteiger partial charge < -0.3 is 5.11 Å². The molecule has 2 unspecified atom stereocenters. The highest BCUT2D eigenvalue weighted by molar-refractivity contribution is 4.75. The summed E-state index contributed by atoms with van der Waals surface area (Å²) in [7, 11) is 0. The molecule has 1 fully saturated rings. The Hall–Kier alpha value is -0.120. The fourth-order valence-electron chi connectivity index (χ4n) is 1.03. The van der Waals surface area contributed by atoms with Crippen LogP contribution in [0.5, 0.6) is 0 Å². The number of aliphatic hydroxyl groups excluding tert-OH is 1. The molecule has 0 aromatic heterocycles. The molecule has 0 heterocycles. The molecule has 0 aromatic carbocycles. The molecule has 0 aromatic rings. The molecule has 1 rings (SSSR count). The first-order chi connectivity index (χ1) is 3.84. The molecule has 48 valence electrons. The van der Waals surface area contributed by atoms with Crippen LogP contribution in [0.3, 0.4) is 0 Å². The van der Waals surface area contributed by atoms with E-state index >= 15 is 0 Å². The topological polar surface area (TPSA) is 49.7 Å². The fraction of sp³-hybridized carbons (Fsp3) is 1.00. The zero-order valence-electron chi connectivity index (χ0n) is 4.58. The highest BCUT2D eigenvalue weighted by Crippen LogP contribution is 2.20. The summed E-state index contributed by atoms with van der Waals surface area (Å²) in [4.78, 5) is 3.97. The lowest BCUT2D eigenvalue weighted by Crippen LogP contribution is -2.20. The van der Waals surface area contributed by atoms with E-state index in [0.29, 0.717) is 0 Å². The maximum absolute atomic E-state index is 8.90. The summed E-state index contributed by atoms with van der Waals surface area (Å²) in [5.41, 5.74) is 0. The van der Waals surface area contributed by atoms with Crippen LogP contribution in [0, 0.1) is 0 Å². The van der Waals surface area contributed by atoms with Crippen molar-refractivity contribution < 1.29 is 15.3 Å². The number of hydrogen-bond acceptors (Lipinski definition) is 3. The van der Waals surface area contributed by atoms with Crippen molar-refractivity contribution in [1.82, 2.24) is 0 Å². The van der Waals surface area contributed by atoms with Crippen LogP contribution >= 0.6 is 0 Å². The SMILES string of the molecule is OOC1CCCC1O. The van der Waals surface area contributed by atoms with Gasteiger partial charge >= 0.3 is 0 Å². The van der Waals surface area contributed by atoms with Crippen LogP contribution < -0.4 is 0 Å². The maximum atomic E-state index is 8.90. The minimum atomic E-state index is -0.444. The van der Waals surface area contributed by atoms with Crippen molar-refractivity contribution in [2.75, 3.05) is 0 Å². The Balaban J connectivity index is 2.30. The van der Waals surface area contributed by atoms with Gasteiger partial charge in [0.2, 0.25) is 0 Å². The average Bonchev–Trinajstić information content (AvgIpc) is 2.14. The summed E-state index contributed by atoms with van der Waals surface area (Å²) in [6.07, 6.45) is 1.71. The van der Waals surface area contributed by atoms with Gasteiger partial charge in [-0.15, -0.1) is 0 Å². The molecule has 1 aliphatic carbocycles. The molecule has 0 radical (unpaired) electrons. The van der Waals surface area contributed by atoms with Gasteiger partial charge in [-0.25, -0.2) is 4.89 Å². The Bertz CT molecular complexity index is 74.1. The predicted octanol–water partition coefficient (Wildman–Crippen LogP) is 0.389. The second kappa shape index (κ2) is 2.44. The molecule has 0 aliphatic heterocycles. The van der Waals surface area contributed by atoms with Crippen LogP contribution in [0.2, 0.25) is 0 Å². The van der Waals surface area contributed by atoms with E-state index in [-0.39, 0.29) is 6.10 Å². The third-order valence-corrected chi connectivity index (χ3v) is 1.55. The molecule has 2 atom stereocenters. The van der Waals surface area contributed by atoms with Crippen LogP contribution in [0.15, 0.2) is 0 Å². The highest BCUT2D eigenvalue weighted by Gasteiger charge is 2.25. The van der Waals surface area contributed by atoms with Gasteiger partial charge in [-0.3, -0.25) is 5.26 Å². The lowest BCUT2D eigenvalue weighted by molar-refractivity contribution is -0.291. The molecule has 0 amide bonds. The van der Waals surface area contributed by atoms with Gasteiger partial charge in [-0.05, 0) is 19.3 Å². The summed E-state index contributed by atoms with van der Waals surface area (Å²) in [6.45, 7) is 0. The van der Waals surface area contributed by atoms with Crippen molar-refractivity contribution in [2.24, 2.45) is 0 Å². The summed E-state index contributed by atoms with van der Waals surface area (Å²) in [5.74, 6) is 0. The smallest absolute Gasteiger partial charge is 0.118 e. The van der Waals surface area contributed by atoms with Crippen LogP contribution in [-0.2, 0) is 4.89 Å². The zero-order valence-corrected chi connectivity index (χ0v) is 4.58. The molecule has 1 aliphatic rings. The van der Waals surface area contributed by atoms with Gasteiger partial charge in [-0.1, -0.05) is 0 Å². The fourth-order valence-corrected chi connectivity index (χ4v) is 1.03. The third-order valence-electron chi connectivity index (χ3n) is 1.55. The van der Waals surface area contributed by atoms with E-state index in [0.717, 1.165) is 19.3 Å². The summed E-state index contributed by atoms with van der Waals surface area (Å²) in [5, 5.41) is 17.0. The Kier molecular flexibility index (Phi) is 1.83. The van der Waals surface area contributed by atoms with Gasteiger partial charge in [0.1, 0.15) is 6.10 Å². The van der Waals surface area contributed by atoms with E-state index in [1.54, 1.807) is 0 Å². The van der Waals surface area contributed by atoms with Gasteiger partial charge in [0.25, 0.3) is 0 Å². The summed E-state index contributed by atoms with van der Waals surface area (Å²) in [6, 6.07) is 0. The molecule has 0 saturated heterocycles. The van der Waals surface area contributed by atoms with E-state index in [4.69, 9.17) is 10.4 Å². The van der Waals surface area contributed by atoms with Gasteiger partial charge in [0, 0.05) is 0 Å². The van der Waals surface area contributed by atoms with Gasteiger partial charge in [0.15, 0.2) is 0 Å². The van der Waals surface area contributed by atoms with Gasteiger partial charge in [-0.2, -0.15) is 0 Å². The Labute approximate surface area is 47.8 Å². The number of rotatable bonds is 1. The monoisotopic (exact) mass is 118 g/mol. The molecule has 0 bridgehead atoms. The second-order valence-corrected chi connectivity index (χ2v) is 2.14. The van der Waals surface area contributed by atoms with Crippen molar-refractivity contribution in [3.05, 3.63) is 0 Å². The predicted molar refractivity (Wildman–Crippen MR) is 27.4 cm³/mol. The molecule has 3 heteroatoms. The normalized spacial score (nSPS) is 38.2. The van der Waals surface area contributed by atoms with Gasteiger partial charge in [0.05, 0.1) is 6.10 Å². The molecular weight excluding hydrogens is 108 g/mol. The molecule has 0 spiro atoms. The van der Waals surface area contributed by atoms with Crippen molar-refractivity contribution in [3.63, 3.8) is 0 Å². The summed E-state index contributed by atoms with van der Waals surface area (Å²) < 4.78 is 0. The molecule has 3 nitrogen and oxygen atoms in total. The molecule has 1 saturated carbocycles. The number of hydrogen-bond donors (Lipinski definition) is 2. The van der Waals surface area contributed by atoms with Crippen molar-refractivity contribution in [1.29, 1.82) is 0 Å². The maximum Gasteiger partial charge on any atom is 0.118 e. The molecule has 2 N–H and O–H groups in total. The lowest BCUT2D eigenvalue weighted by atomic mass is 10.3. The van der Waals surface area contributed by atoms with E-state index in [1.165, 1.54) is 0 Å². The van der Waals surface area contributed by atoms with Crippen LogP contribution in [0.1, 0.15) is 19.3 Å². The standard InChI is InChI=1S/C5H10O3/c6-4-2-1-3-5(4)8-7/h4-7H,1-3H2. The summed E-state index contributed by atoms with van der Waals surface area (Å²) >= 11 is 0.